The number of anilines is 1. The quantitative estimate of drug-likeness (QED) is 0.658. The largest absolute Gasteiger partial charge is 0.278 e. The number of nitro benzene ring substituents is 1. The summed E-state index contributed by atoms with van der Waals surface area (Å²) in [7, 11) is -3.80. The molecule has 0 radical (unpaired) electrons. The SMILES string of the molecule is Cc1ccc(S(=O)(=O)Nc2cc([N+](=O)[O-])ccc2Br)cc1. The first kappa shape index (κ1) is 15.5. The van der Waals surface area contributed by atoms with Crippen LogP contribution in [0.5, 0.6) is 0 Å². The third kappa shape index (κ3) is 3.59. The number of nitro groups is 1. The summed E-state index contributed by atoms with van der Waals surface area (Å²) in [6.45, 7) is 1.85. The molecule has 0 aliphatic heterocycles. The van der Waals surface area contributed by atoms with Gasteiger partial charge in [0, 0.05) is 16.6 Å². The zero-order valence-corrected chi connectivity index (χ0v) is 13.3. The second-order valence-corrected chi connectivity index (χ2v) is 6.88. The van der Waals surface area contributed by atoms with Gasteiger partial charge in [0.2, 0.25) is 0 Å². The molecule has 0 aromatic heterocycles. The first-order chi connectivity index (χ1) is 9.79. The molecular weight excluding hydrogens is 360 g/mol. The third-order valence-electron chi connectivity index (χ3n) is 2.74. The predicted molar refractivity (Wildman–Crippen MR) is 82.8 cm³/mol. The molecule has 8 heteroatoms. The molecule has 0 atom stereocenters. The Bertz CT molecular complexity index is 788. The number of nitrogens with zero attached hydrogens (tertiary/aromatic N) is 1. The van der Waals surface area contributed by atoms with Crippen molar-refractivity contribution in [1.82, 2.24) is 0 Å². The smallest absolute Gasteiger partial charge is 0.271 e. The number of hydrogen-bond acceptors (Lipinski definition) is 4. The number of nitrogens with one attached hydrogen (secondary N) is 1. The van der Waals surface area contributed by atoms with Crippen LogP contribution in [0.15, 0.2) is 51.8 Å². The van der Waals surface area contributed by atoms with Crippen molar-refractivity contribution < 1.29 is 13.3 Å². The van der Waals surface area contributed by atoms with E-state index in [4.69, 9.17) is 0 Å². The molecular formula is C13H11BrN2O4S. The second-order valence-electron chi connectivity index (χ2n) is 4.34. The molecule has 0 spiro atoms. The van der Waals surface area contributed by atoms with Gasteiger partial charge in [0.1, 0.15) is 0 Å². The van der Waals surface area contributed by atoms with Gasteiger partial charge in [-0.3, -0.25) is 14.8 Å². The highest BCUT2D eigenvalue weighted by Crippen LogP contribution is 2.29. The van der Waals surface area contributed by atoms with Crippen molar-refractivity contribution in [2.75, 3.05) is 4.72 Å². The number of hydrogen-bond donors (Lipinski definition) is 1. The summed E-state index contributed by atoms with van der Waals surface area (Å²) in [6, 6.07) is 10.2. The fraction of sp³-hybridized carbons (Fsp3) is 0.0769. The first-order valence-electron chi connectivity index (χ1n) is 5.83. The molecule has 2 aromatic carbocycles. The van der Waals surface area contributed by atoms with E-state index in [1.54, 1.807) is 12.1 Å². The lowest BCUT2D eigenvalue weighted by Gasteiger charge is -2.10. The van der Waals surface area contributed by atoms with Crippen molar-refractivity contribution in [2.45, 2.75) is 11.8 Å². The minimum Gasteiger partial charge on any atom is -0.278 e. The van der Waals surface area contributed by atoms with Gasteiger partial charge < -0.3 is 0 Å². The van der Waals surface area contributed by atoms with Crippen LogP contribution >= 0.6 is 15.9 Å². The van der Waals surface area contributed by atoms with E-state index in [-0.39, 0.29) is 16.3 Å². The summed E-state index contributed by atoms with van der Waals surface area (Å²) in [5.41, 5.74) is 0.857. The minimum atomic E-state index is -3.80. The Morgan fingerprint density at radius 1 is 1.14 bits per heavy atom. The molecule has 2 aromatic rings. The summed E-state index contributed by atoms with van der Waals surface area (Å²) >= 11 is 3.17. The highest BCUT2D eigenvalue weighted by Gasteiger charge is 2.17. The number of rotatable bonds is 4. The summed E-state index contributed by atoms with van der Waals surface area (Å²) in [6.07, 6.45) is 0. The number of aryl methyl sites for hydroxylation is 1. The zero-order valence-electron chi connectivity index (χ0n) is 10.9. The van der Waals surface area contributed by atoms with Crippen LogP contribution in [0.1, 0.15) is 5.56 Å². The van der Waals surface area contributed by atoms with Gasteiger partial charge in [-0.15, -0.1) is 0 Å². The molecule has 21 heavy (non-hydrogen) atoms. The van der Waals surface area contributed by atoms with E-state index in [9.17, 15) is 18.5 Å². The maximum absolute atomic E-state index is 12.2. The maximum atomic E-state index is 12.2. The lowest BCUT2D eigenvalue weighted by Crippen LogP contribution is -2.13. The molecule has 0 fully saturated rings. The number of benzene rings is 2. The zero-order chi connectivity index (χ0) is 15.6. The number of sulfonamides is 1. The van der Waals surface area contributed by atoms with Crippen LogP contribution in [0.25, 0.3) is 0 Å². The van der Waals surface area contributed by atoms with Crippen molar-refractivity contribution in [1.29, 1.82) is 0 Å². The van der Waals surface area contributed by atoms with E-state index < -0.39 is 14.9 Å². The molecule has 0 heterocycles. The van der Waals surface area contributed by atoms with Crippen molar-refractivity contribution in [3.63, 3.8) is 0 Å². The fourth-order valence-corrected chi connectivity index (χ4v) is 3.17. The van der Waals surface area contributed by atoms with Crippen LogP contribution in [0.2, 0.25) is 0 Å². The second kappa shape index (κ2) is 5.82. The van der Waals surface area contributed by atoms with Gasteiger partial charge in [0.15, 0.2) is 0 Å². The molecule has 0 bridgehead atoms. The Morgan fingerprint density at radius 3 is 2.33 bits per heavy atom. The average Bonchev–Trinajstić information content (AvgIpc) is 2.41. The number of non-ortho nitro benzene ring substituents is 1. The van der Waals surface area contributed by atoms with Crippen LogP contribution < -0.4 is 4.72 Å². The molecule has 0 unspecified atom stereocenters. The van der Waals surface area contributed by atoms with Crippen LogP contribution in [0.4, 0.5) is 11.4 Å². The normalized spacial score (nSPS) is 11.1. The van der Waals surface area contributed by atoms with E-state index in [0.717, 1.165) is 11.6 Å². The van der Waals surface area contributed by atoms with Gasteiger partial charge in [0.25, 0.3) is 15.7 Å². The van der Waals surface area contributed by atoms with E-state index in [1.807, 2.05) is 6.92 Å². The Kier molecular flexibility index (Phi) is 4.29. The average molecular weight is 371 g/mol. The molecule has 110 valence electrons. The van der Waals surface area contributed by atoms with E-state index in [2.05, 4.69) is 20.7 Å². The van der Waals surface area contributed by atoms with Gasteiger partial charge in [-0.1, -0.05) is 17.7 Å². The summed E-state index contributed by atoms with van der Waals surface area (Å²) in [4.78, 5) is 10.3. The van der Waals surface area contributed by atoms with E-state index in [0.29, 0.717) is 4.47 Å². The summed E-state index contributed by atoms with van der Waals surface area (Å²) < 4.78 is 27.2. The molecule has 1 N–H and O–H groups in total. The molecule has 0 saturated heterocycles. The minimum absolute atomic E-state index is 0.0894. The van der Waals surface area contributed by atoms with Gasteiger partial charge in [0.05, 0.1) is 15.5 Å². The molecule has 0 aliphatic carbocycles. The highest BCUT2D eigenvalue weighted by atomic mass is 79.9. The van der Waals surface area contributed by atoms with Crippen LogP contribution in [-0.2, 0) is 10.0 Å². The monoisotopic (exact) mass is 370 g/mol. The Hall–Kier alpha value is -1.93. The van der Waals surface area contributed by atoms with Gasteiger partial charge in [-0.25, -0.2) is 8.42 Å². The molecule has 0 saturated carbocycles. The lowest BCUT2D eigenvalue weighted by molar-refractivity contribution is -0.384. The van der Waals surface area contributed by atoms with Gasteiger partial charge in [-0.2, -0.15) is 0 Å². The van der Waals surface area contributed by atoms with Crippen molar-refractivity contribution in [3.8, 4) is 0 Å². The number of halogens is 1. The molecule has 0 amide bonds. The van der Waals surface area contributed by atoms with Crippen molar-refractivity contribution in [3.05, 3.63) is 62.6 Å². The standard InChI is InChI=1S/C13H11BrN2O4S/c1-9-2-5-11(6-3-9)21(19,20)15-13-8-10(16(17)18)4-7-12(13)14/h2-8,15H,1H3. The lowest BCUT2D eigenvalue weighted by atomic mass is 10.2. The Balaban J connectivity index is 2.38. The van der Waals surface area contributed by atoms with Crippen LogP contribution in [0.3, 0.4) is 0 Å². The fourth-order valence-electron chi connectivity index (χ4n) is 1.63. The molecule has 2 rings (SSSR count). The van der Waals surface area contributed by atoms with E-state index >= 15 is 0 Å². The molecule has 6 nitrogen and oxygen atoms in total. The Labute approximate surface area is 130 Å². The Morgan fingerprint density at radius 2 is 1.76 bits per heavy atom. The van der Waals surface area contributed by atoms with Gasteiger partial charge >= 0.3 is 0 Å². The highest BCUT2D eigenvalue weighted by molar-refractivity contribution is 9.10. The van der Waals surface area contributed by atoms with Gasteiger partial charge in [-0.05, 0) is 41.1 Å². The topological polar surface area (TPSA) is 89.3 Å². The summed E-state index contributed by atoms with van der Waals surface area (Å²) in [5.74, 6) is 0. The maximum Gasteiger partial charge on any atom is 0.271 e. The van der Waals surface area contributed by atoms with Crippen molar-refractivity contribution in [2.24, 2.45) is 0 Å². The van der Waals surface area contributed by atoms with Crippen molar-refractivity contribution >= 4 is 37.3 Å². The van der Waals surface area contributed by atoms with Crippen LogP contribution in [-0.4, -0.2) is 13.3 Å². The molecule has 0 aliphatic rings. The predicted octanol–water partition coefficient (Wildman–Crippen LogP) is 3.47. The summed E-state index contributed by atoms with van der Waals surface area (Å²) in [5, 5.41) is 10.8. The van der Waals surface area contributed by atoms with E-state index in [1.165, 1.54) is 24.3 Å². The third-order valence-corrected chi connectivity index (χ3v) is 4.81. The first-order valence-corrected chi connectivity index (χ1v) is 8.10. The van der Waals surface area contributed by atoms with Crippen LogP contribution in [0, 0.1) is 17.0 Å².